The van der Waals surface area contributed by atoms with E-state index in [1.165, 1.54) is 28.7 Å². The van der Waals surface area contributed by atoms with Gasteiger partial charge in [-0.15, -0.1) is 0 Å². The monoisotopic (exact) mass is 508 g/mol. The van der Waals surface area contributed by atoms with Crippen molar-refractivity contribution in [2.24, 2.45) is 22.2 Å². The quantitative estimate of drug-likeness (QED) is 0.359. The van der Waals surface area contributed by atoms with Crippen LogP contribution in [0.15, 0.2) is 59.2 Å². The molecular weight excluding hydrogens is 456 g/mol. The summed E-state index contributed by atoms with van der Waals surface area (Å²) in [5.74, 6) is 0.997. The van der Waals surface area contributed by atoms with Crippen molar-refractivity contribution in [3.63, 3.8) is 0 Å². The first kappa shape index (κ1) is 27.5. The SMILES string of the molecule is CC1CC(C2c3ccc(C(C)(C)C)cc3-c3cc(C(C)(C)C)ccc32)(C(C)(C)C)C2=C1CC(C(C)(C)C)=C2. The molecule has 0 amide bonds. The summed E-state index contributed by atoms with van der Waals surface area (Å²) in [7, 11) is 0. The second-order valence-corrected chi connectivity index (χ2v) is 16.9. The summed E-state index contributed by atoms with van der Waals surface area (Å²) in [6.45, 7) is 31.3. The van der Waals surface area contributed by atoms with Gasteiger partial charge in [0.25, 0.3) is 0 Å². The molecule has 0 aliphatic heterocycles. The third kappa shape index (κ3) is 4.00. The van der Waals surface area contributed by atoms with Crippen LogP contribution in [-0.2, 0) is 10.8 Å². The van der Waals surface area contributed by atoms with Crippen molar-refractivity contribution in [3.8, 4) is 11.1 Å². The Morgan fingerprint density at radius 3 is 1.53 bits per heavy atom. The first-order valence-corrected chi connectivity index (χ1v) is 15.0. The fourth-order valence-electron chi connectivity index (χ4n) is 7.80. The van der Waals surface area contributed by atoms with E-state index in [4.69, 9.17) is 0 Å². The fourth-order valence-corrected chi connectivity index (χ4v) is 7.80. The number of rotatable bonds is 1. The third-order valence-corrected chi connectivity index (χ3v) is 10.3. The topological polar surface area (TPSA) is 0 Å². The van der Waals surface area contributed by atoms with E-state index in [1.807, 2.05) is 0 Å². The molecule has 2 aromatic carbocycles. The molecule has 0 radical (unpaired) electrons. The Labute approximate surface area is 234 Å². The van der Waals surface area contributed by atoms with E-state index in [-0.39, 0.29) is 27.1 Å². The maximum Gasteiger partial charge on any atom is 0.0204 e. The van der Waals surface area contributed by atoms with Crippen LogP contribution in [0.4, 0.5) is 0 Å². The Balaban J connectivity index is 1.82. The van der Waals surface area contributed by atoms with Crippen LogP contribution < -0.4 is 0 Å². The smallest absolute Gasteiger partial charge is 0.0204 e. The van der Waals surface area contributed by atoms with Crippen LogP contribution >= 0.6 is 0 Å². The van der Waals surface area contributed by atoms with Gasteiger partial charge in [0, 0.05) is 11.3 Å². The van der Waals surface area contributed by atoms with Gasteiger partial charge in [0.1, 0.15) is 0 Å². The van der Waals surface area contributed by atoms with Crippen molar-refractivity contribution in [2.75, 3.05) is 0 Å². The molecule has 0 saturated carbocycles. The Bertz CT molecular complexity index is 1280. The molecule has 3 aliphatic carbocycles. The highest BCUT2D eigenvalue weighted by Gasteiger charge is 2.59. The van der Waals surface area contributed by atoms with Gasteiger partial charge >= 0.3 is 0 Å². The van der Waals surface area contributed by atoms with E-state index in [1.54, 1.807) is 27.8 Å². The highest BCUT2D eigenvalue weighted by Crippen LogP contribution is 2.70. The Morgan fingerprint density at radius 1 is 0.658 bits per heavy atom. The summed E-state index contributed by atoms with van der Waals surface area (Å²) < 4.78 is 0. The van der Waals surface area contributed by atoms with Gasteiger partial charge < -0.3 is 0 Å². The molecule has 0 aromatic heterocycles. The van der Waals surface area contributed by atoms with Crippen molar-refractivity contribution in [3.05, 3.63) is 81.4 Å². The summed E-state index contributed by atoms with van der Waals surface area (Å²) in [5, 5.41) is 0. The van der Waals surface area contributed by atoms with Crippen LogP contribution in [0.5, 0.6) is 0 Å². The van der Waals surface area contributed by atoms with Gasteiger partial charge in [0.05, 0.1) is 0 Å². The molecular formula is C38H52. The largest absolute Gasteiger partial charge is 0.0605 e. The van der Waals surface area contributed by atoms with Gasteiger partial charge in [-0.2, -0.15) is 0 Å². The zero-order valence-corrected chi connectivity index (χ0v) is 26.6. The van der Waals surface area contributed by atoms with Gasteiger partial charge in [-0.1, -0.05) is 144 Å². The van der Waals surface area contributed by atoms with Crippen molar-refractivity contribution >= 4 is 0 Å². The Kier molecular flexibility index (Phi) is 5.94. The molecule has 38 heavy (non-hydrogen) atoms. The molecule has 0 saturated heterocycles. The summed E-state index contributed by atoms with van der Waals surface area (Å²) >= 11 is 0. The maximum absolute atomic E-state index is 2.66. The lowest BCUT2D eigenvalue weighted by molar-refractivity contribution is 0.104. The summed E-state index contributed by atoms with van der Waals surface area (Å²) in [6.07, 6.45) is 5.06. The first-order chi connectivity index (χ1) is 17.3. The van der Waals surface area contributed by atoms with Gasteiger partial charge in [-0.3, -0.25) is 0 Å². The lowest BCUT2D eigenvalue weighted by Crippen LogP contribution is -2.41. The molecule has 0 bridgehead atoms. The third-order valence-electron chi connectivity index (χ3n) is 10.3. The molecule has 0 heteroatoms. The molecule has 3 aliphatic rings. The van der Waals surface area contributed by atoms with Crippen molar-refractivity contribution in [1.29, 1.82) is 0 Å². The molecule has 2 unspecified atom stereocenters. The second kappa shape index (κ2) is 8.22. The zero-order chi connectivity index (χ0) is 28.2. The molecule has 204 valence electrons. The zero-order valence-electron chi connectivity index (χ0n) is 26.6. The normalized spacial score (nSPS) is 24.0. The highest BCUT2D eigenvalue weighted by molar-refractivity contribution is 5.82. The molecule has 5 rings (SSSR count). The van der Waals surface area contributed by atoms with Gasteiger partial charge in [-0.25, -0.2) is 0 Å². The van der Waals surface area contributed by atoms with E-state index in [0.717, 1.165) is 6.42 Å². The van der Waals surface area contributed by atoms with Crippen molar-refractivity contribution in [2.45, 2.75) is 120 Å². The second-order valence-electron chi connectivity index (χ2n) is 16.9. The van der Waals surface area contributed by atoms with Crippen molar-refractivity contribution < 1.29 is 0 Å². The van der Waals surface area contributed by atoms with Crippen LogP contribution in [0.25, 0.3) is 11.1 Å². The Hall–Kier alpha value is -2.08. The number of fused-ring (bicyclic) bond motifs is 3. The van der Waals surface area contributed by atoms with Gasteiger partial charge in [0.2, 0.25) is 0 Å². The molecule has 0 N–H and O–H groups in total. The first-order valence-electron chi connectivity index (χ1n) is 15.0. The van der Waals surface area contributed by atoms with E-state index >= 15 is 0 Å². The summed E-state index contributed by atoms with van der Waals surface area (Å²) in [6, 6.07) is 15.0. The average molecular weight is 509 g/mol. The molecule has 0 heterocycles. The van der Waals surface area contributed by atoms with E-state index < -0.39 is 0 Å². The predicted octanol–water partition coefficient (Wildman–Crippen LogP) is 11.1. The van der Waals surface area contributed by atoms with Crippen LogP contribution in [0.2, 0.25) is 0 Å². The van der Waals surface area contributed by atoms with Crippen LogP contribution in [0, 0.1) is 22.2 Å². The van der Waals surface area contributed by atoms with Crippen LogP contribution in [0.3, 0.4) is 0 Å². The van der Waals surface area contributed by atoms with E-state index in [0.29, 0.717) is 11.8 Å². The fraction of sp³-hybridized carbons (Fsp3) is 0.579. The average Bonchev–Trinajstić information content (AvgIpc) is 3.42. The van der Waals surface area contributed by atoms with Crippen molar-refractivity contribution in [1.82, 2.24) is 0 Å². The standard InChI is InChI=1S/C38H52/c1-23-22-38(37(11,12)13,32-21-26(20-29(23)32)36(8,9)10)33-27-16-14-24(34(2,3)4)18-30(27)31-19-25(35(5,6)7)15-17-28(31)33/h14-19,21,23,33H,20,22H2,1-13H3. The molecule has 0 nitrogen and oxygen atoms in total. The lowest BCUT2D eigenvalue weighted by atomic mass is 9.53. The molecule has 0 fully saturated rings. The number of benzene rings is 2. The molecule has 0 spiro atoms. The molecule has 2 atom stereocenters. The van der Waals surface area contributed by atoms with Crippen LogP contribution in [0.1, 0.15) is 131 Å². The summed E-state index contributed by atoms with van der Waals surface area (Å²) in [5.41, 5.74) is 14.6. The highest BCUT2D eigenvalue weighted by atomic mass is 14.6. The minimum Gasteiger partial charge on any atom is -0.0605 e. The van der Waals surface area contributed by atoms with Crippen LogP contribution in [-0.4, -0.2) is 0 Å². The summed E-state index contributed by atoms with van der Waals surface area (Å²) in [4.78, 5) is 0. The van der Waals surface area contributed by atoms with E-state index in [9.17, 15) is 0 Å². The van der Waals surface area contributed by atoms with Gasteiger partial charge in [-0.05, 0) is 79.4 Å². The minimum absolute atomic E-state index is 0.0707. The number of allylic oxidation sites excluding steroid dienone is 4. The Morgan fingerprint density at radius 2 is 1.13 bits per heavy atom. The maximum atomic E-state index is 2.66. The number of hydrogen-bond donors (Lipinski definition) is 0. The molecule has 2 aromatic rings. The minimum atomic E-state index is 0.0707. The number of hydrogen-bond acceptors (Lipinski definition) is 0. The van der Waals surface area contributed by atoms with Gasteiger partial charge in [0.15, 0.2) is 0 Å². The predicted molar refractivity (Wildman–Crippen MR) is 166 cm³/mol. The van der Waals surface area contributed by atoms with E-state index in [2.05, 4.69) is 132 Å². The lowest BCUT2D eigenvalue weighted by Gasteiger charge is -2.49.